The lowest BCUT2D eigenvalue weighted by atomic mass is 10.1. The van der Waals surface area contributed by atoms with Crippen LogP contribution in [-0.4, -0.2) is 25.5 Å². The molecule has 3 nitrogen and oxygen atoms in total. The third-order valence-electron chi connectivity index (χ3n) is 3.58. The van der Waals surface area contributed by atoms with E-state index in [1.54, 1.807) is 0 Å². The fraction of sp³-hybridized carbons (Fsp3) is 0.562. The van der Waals surface area contributed by atoms with Crippen LogP contribution >= 0.6 is 0 Å². The van der Waals surface area contributed by atoms with Gasteiger partial charge in [-0.15, -0.1) is 0 Å². The minimum absolute atomic E-state index is 0.278. The first-order valence-electron chi connectivity index (χ1n) is 7.42. The summed E-state index contributed by atoms with van der Waals surface area (Å²) in [5.41, 5.74) is 2.44. The number of anilines is 1. The quantitative estimate of drug-likeness (QED) is 0.798. The molecule has 1 N–H and O–H groups in total. The molecule has 1 heterocycles. The molecule has 0 fully saturated rings. The van der Waals surface area contributed by atoms with Crippen LogP contribution in [0.25, 0.3) is 0 Å². The second-order valence-electron chi connectivity index (χ2n) is 5.13. The average Bonchev–Trinajstić information content (AvgIpc) is 2.58. The Bertz CT molecular complexity index is 417. The first kappa shape index (κ1) is 14.1. The van der Waals surface area contributed by atoms with E-state index in [1.807, 2.05) is 11.0 Å². The smallest absolute Gasteiger partial charge is 0.226 e. The highest BCUT2D eigenvalue weighted by Crippen LogP contribution is 2.26. The fourth-order valence-electron chi connectivity index (χ4n) is 2.59. The maximum Gasteiger partial charge on any atom is 0.226 e. The van der Waals surface area contributed by atoms with Crippen LogP contribution in [-0.2, 0) is 11.2 Å². The molecule has 1 aromatic carbocycles. The Morgan fingerprint density at radius 1 is 1.21 bits per heavy atom. The molecule has 0 saturated carbocycles. The Morgan fingerprint density at radius 2 is 2.05 bits per heavy atom. The molecule has 2 rings (SSSR count). The molecule has 0 saturated heterocycles. The summed E-state index contributed by atoms with van der Waals surface area (Å²) < 4.78 is 0. The van der Waals surface area contributed by atoms with Gasteiger partial charge in [0.25, 0.3) is 0 Å². The lowest BCUT2D eigenvalue weighted by Crippen LogP contribution is -2.33. The van der Waals surface area contributed by atoms with Crippen molar-refractivity contribution >= 4 is 11.6 Å². The van der Waals surface area contributed by atoms with Crippen molar-refractivity contribution in [3.63, 3.8) is 0 Å². The summed E-state index contributed by atoms with van der Waals surface area (Å²) in [5, 5.41) is 3.39. The van der Waals surface area contributed by atoms with Crippen molar-refractivity contribution in [2.75, 3.05) is 24.5 Å². The lowest BCUT2D eigenvalue weighted by molar-refractivity contribution is -0.118. The third-order valence-corrected chi connectivity index (χ3v) is 3.58. The van der Waals surface area contributed by atoms with E-state index in [9.17, 15) is 4.79 Å². The first-order chi connectivity index (χ1) is 9.33. The predicted octanol–water partition coefficient (Wildman–Crippen LogP) is 2.75. The van der Waals surface area contributed by atoms with Gasteiger partial charge in [0.2, 0.25) is 5.91 Å². The van der Waals surface area contributed by atoms with Crippen LogP contribution in [0.4, 0.5) is 5.69 Å². The van der Waals surface area contributed by atoms with E-state index in [-0.39, 0.29) is 5.91 Å². The van der Waals surface area contributed by atoms with Gasteiger partial charge in [-0.25, -0.2) is 0 Å². The number of benzene rings is 1. The number of carbonyl (C=O) groups is 1. The van der Waals surface area contributed by atoms with E-state index < -0.39 is 0 Å². The van der Waals surface area contributed by atoms with Crippen LogP contribution in [0, 0.1) is 0 Å². The molecule has 1 aromatic rings. The number of hydrogen-bond donors (Lipinski definition) is 1. The Balaban J connectivity index is 1.98. The molecule has 104 valence electrons. The molecule has 1 aliphatic rings. The van der Waals surface area contributed by atoms with E-state index in [0.29, 0.717) is 6.42 Å². The zero-order chi connectivity index (χ0) is 13.5. The van der Waals surface area contributed by atoms with Crippen LogP contribution in [0.2, 0.25) is 0 Å². The summed E-state index contributed by atoms with van der Waals surface area (Å²) in [4.78, 5) is 14.2. The van der Waals surface area contributed by atoms with Crippen LogP contribution < -0.4 is 10.2 Å². The number of para-hydroxylation sites is 1. The second kappa shape index (κ2) is 7.29. The van der Waals surface area contributed by atoms with Crippen LogP contribution in [0.1, 0.15) is 38.2 Å². The van der Waals surface area contributed by atoms with E-state index in [4.69, 9.17) is 0 Å². The number of nitrogens with zero attached hydrogens (tertiary/aromatic N) is 1. The lowest BCUT2D eigenvalue weighted by Gasteiger charge is -2.23. The van der Waals surface area contributed by atoms with Gasteiger partial charge in [-0.1, -0.05) is 25.1 Å². The predicted molar refractivity (Wildman–Crippen MR) is 79.5 cm³/mol. The first-order valence-corrected chi connectivity index (χ1v) is 7.42. The van der Waals surface area contributed by atoms with Crippen molar-refractivity contribution < 1.29 is 4.79 Å². The average molecular weight is 260 g/mol. The summed E-state index contributed by atoms with van der Waals surface area (Å²) in [6.45, 7) is 5.04. The number of rotatable bonds is 6. The summed E-state index contributed by atoms with van der Waals surface area (Å²) in [5.74, 6) is 0.278. The van der Waals surface area contributed by atoms with E-state index in [2.05, 4.69) is 30.4 Å². The molecule has 3 heteroatoms. The zero-order valence-corrected chi connectivity index (χ0v) is 11.8. The molecule has 0 unspecified atom stereocenters. The van der Waals surface area contributed by atoms with Gasteiger partial charge in [0.1, 0.15) is 0 Å². The third kappa shape index (κ3) is 3.80. The number of fused-ring (bicyclic) bond motifs is 1. The summed E-state index contributed by atoms with van der Waals surface area (Å²) in [6.07, 6.45) is 4.84. The topological polar surface area (TPSA) is 32.3 Å². The molecule has 1 amide bonds. The van der Waals surface area contributed by atoms with Gasteiger partial charge < -0.3 is 10.2 Å². The van der Waals surface area contributed by atoms with Gasteiger partial charge in [0.05, 0.1) is 0 Å². The Kier molecular flexibility index (Phi) is 5.40. The van der Waals surface area contributed by atoms with Crippen molar-refractivity contribution in [2.24, 2.45) is 0 Å². The number of nitrogens with one attached hydrogen (secondary N) is 1. The monoisotopic (exact) mass is 260 g/mol. The molecule has 0 radical (unpaired) electrons. The highest BCUT2D eigenvalue weighted by molar-refractivity contribution is 5.94. The molecule has 0 spiro atoms. The van der Waals surface area contributed by atoms with E-state index >= 15 is 0 Å². The van der Waals surface area contributed by atoms with E-state index in [1.165, 1.54) is 5.56 Å². The molecule has 0 aromatic heterocycles. The maximum atomic E-state index is 12.2. The Labute approximate surface area is 116 Å². The number of hydrogen-bond acceptors (Lipinski definition) is 2. The summed E-state index contributed by atoms with van der Waals surface area (Å²) >= 11 is 0. The van der Waals surface area contributed by atoms with Gasteiger partial charge in [-0.2, -0.15) is 0 Å². The molecule has 0 aliphatic carbocycles. The van der Waals surface area contributed by atoms with Crippen LogP contribution in [0.5, 0.6) is 0 Å². The Morgan fingerprint density at radius 3 is 2.89 bits per heavy atom. The van der Waals surface area contributed by atoms with Gasteiger partial charge in [0.15, 0.2) is 0 Å². The summed E-state index contributed by atoms with van der Waals surface area (Å²) in [6, 6.07) is 8.32. The zero-order valence-electron chi connectivity index (χ0n) is 11.8. The molecular formula is C16H24N2O. The summed E-state index contributed by atoms with van der Waals surface area (Å²) in [7, 11) is 0. The maximum absolute atomic E-state index is 12.2. The second-order valence-corrected chi connectivity index (χ2v) is 5.13. The number of carbonyl (C=O) groups excluding carboxylic acids is 1. The van der Waals surface area contributed by atoms with Crippen molar-refractivity contribution in [3.8, 4) is 0 Å². The van der Waals surface area contributed by atoms with Gasteiger partial charge >= 0.3 is 0 Å². The van der Waals surface area contributed by atoms with Crippen molar-refractivity contribution in [2.45, 2.75) is 39.0 Å². The molecule has 19 heavy (non-hydrogen) atoms. The number of aryl methyl sites for hydroxylation is 1. The Hall–Kier alpha value is -1.35. The van der Waals surface area contributed by atoms with Gasteiger partial charge in [-0.05, 0) is 50.4 Å². The SMILES string of the molecule is CCCNCCCN1C(=O)CCCc2ccccc21. The largest absolute Gasteiger partial charge is 0.317 e. The molecular weight excluding hydrogens is 236 g/mol. The standard InChI is InChI=1S/C16H24N2O/c1-2-11-17-12-6-13-18-15-9-4-3-7-14(15)8-5-10-16(18)19/h3-4,7,9,17H,2,5-6,8,10-13H2,1H3. The van der Waals surface area contributed by atoms with E-state index in [0.717, 1.165) is 51.0 Å². The highest BCUT2D eigenvalue weighted by Gasteiger charge is 2.20. The van der Waals surface area contributed by atoms with Gasteiger partial charge in [0, 0.05) is 18.7 Å². The van der Waals surface area contributed by atoms with Crippen molar-refractivity contribution in [3.05, 3.63) is 29.8 Å². The minimum atomic E-state index is 0.278. The fourth-order valence-corrected chi connectivity index (χ4v) is 2.59. The molecule has 0 bridgehead atoms. The molecule has 0 atom stereocenters. The normalized spacial score (nSPS) is 15.2. The minimum Gasteiger partial charge on any atom is -0.317 e. The molecule has 1 aliphatic heterocycles. The van der Waals surface area contributed by atoms with Gasteiger partial charge in [-0.3, -0.25) is 4.79 Å². The number of amides is 1. The van der Waals surface area contributed by atoms with Crippen LogP contribution in [0.15, 0.2) is 24.3 Å². The highest BCUT2D eigenvalue weighted by atomic mass is 16.2. The van der Waals surface area contributed by atoms with Crippen LogP contribution in [0.3, 0.4) is 0 Å². The van der Waals surface area contributed by atoms with Crippen molar-refractivity contribution in [1.29, 1.82) is 0 Å². The van der Waals surface area contributed by atoms with Crippen molar-refractivity contribution in [1.82, 2.24) is 5.32 Å².